The van der Waals surface area contributed by atoms with Gasteiger partial charge in [0.2, 0.25) is 0 Å². The number of aromatic nitrogens is 1. The first-order valence-electron chi connectivity index (χ1n) is 22.3. The van der Waals surface area contributed by atoms with Crippen molar-refractivity contribution in [3.63, 3.8) is 0 Å². The highest BCUT2D eigenvalue weighted by Crippen LogP contribution is 2.55. The van der Waals surface area contributed by atoms with Crippen molar-refractivity contribution in [1.29, 1.82) is 0 Å². The van der Waals surface area contributed by atoms with E-state index in [0.29, 0.717) is 6.04 Å². The molecule has 4 aromatic rings. The van der Waals surface area contributed by atoms with Crippen LogP contribution in [-0.4, -0.2) is 16.1 Å². The minimum absolute atomic E-state index is 0.0133. The molecule has 1 aliphatic rings. The molecule has 54 heavy (non-hydrogen) atoms. The van der Waals surface area contributed by atoms with E-state index in [4.69, 9.17) is 17.2 Å². The lowest BCUT2D eigenvalue weighted by molar-refractivity contribution is 0.397. The summed E-state index contributed by atoms with van der Waals surface area (Å²) >= 11 is 7.78. The standard InChI is InChI=1S/C49H71N3S2/c1-5-9-12-14-16-18-20-25-34-49(35-26-21-19-17-15-13-10-6-2)43-36-38(47-52-45-28-23-24-29-46(45)54-47)30-32-41(43)42-33-31-40(37-44(42)49)51-48(53)50-39(8-4)27-22-11-7-3/h23-24,28-33,36-37,39H,5-22,25-27,34-35H2,1-4H3,(H2,50,51,53). The molecule has 2 N–H and O–H groups in total. The number of unbranched alkanes of at least 4 members (excludes halogenated alkanes) is 16. The fourth-order valence-corrected chi connectivity index (χ4v) is 10.1. The van der Waals surface area contributed by atoms with Crippen LogP contribution in [0.4, 0.5) is 5.69 Å². The molecule has 3 aromatic carbocycles. The zero-order valence-corrected chi connectivity index (χ0v) is 36.0. The number of fused-ring (bicyclic) bond motifs is 4. The monoisotopic (exact) mass is 766 g/mol. The molecule has 0 saturated carbocycles. The Hall–Kier alpha value is -2.76. The second-order valence-electron chi connectivity index (χ2n) is 16.2. The number of para-hydroxylation sites is 1. The van der Waals surface area contributed by atoms with Gasteiger partial charge in [-0.15, -0.1) is 11.3 Å². The number of anilines is 1. The molecule has 0 aliphatic heterocycles. The van der Waals surface area contributed by atoms with Crippen LogP contribution in [0.5, 0.6) is 0 Å². The van der Waals surface area contributed by atoms with E-state index >= 15 is 0 Å². The van der Waals surface area contributed by atoms with E-state index in [1.807, 2.05) is 11.3 Å². The molecule has 1 heterocycles. The van der Waals surface area contributed by atoms with Crippen molar-refractivity contribution in [1.82, 2.24) is 10.3 Å². The van der Waals surface area contributed by atoms with Gasteiger partial charge in [0.05, 0.1) is 10.2 Å². The molecule has 0 fully saturated rings. The SMILES string of the molecule is CCCCCCCCCCC1(CCCCCCCCCC)c2cc(NC(=S)NC(CC)CCCCC)ccc2-c2ccc(-c3nc4ccccc4s3)cc21. The van der Waals surface area contributed by atoms with Gasteiger partial charge < -0.3 is 10.6 Å². The summed E-state index contributed by atoms with van der Waals surface area (Å²) in [6, 6.07) is 23.4. The van der Waals surface area contributed by atoms with Crippen molar-refractivity contribution in [2.24, 2.45) is 0 Å². The van der Waals surface area contributed by atoms with Crippen LogP contribution < -0.4 is 10.6 Å². The Kier molecular flexibility index (Phi) is 17.8. The van der Waals surface area contributed by atoms with Crippen molar-refractivity contribution in [3.8, 4) is 21.7 Å². The molecule has 0 saturated heterocycles. The molecule has 1 aromatic heterocycles. The van der Waals surface area contributed by atoms with Crippen molar-refractivity contribution in [2.45, 2.75) is 187 Å². The Bertz CT molecular complexity index is 1650. The van der Waals surface area contributed by atoms with Crippen molar-refractivity contribution in [3.05, 3.63) is 71.8 Å². The van der Waals surface area contributed by atoms with Crippen LogP contribution in [0.2, 0.25) is 0 Å². The third-order valence-electron chi connectivity index (χ3n) is 12.1. The van der Waals surface area contributed by atoms with Gasteiger partial charge in [0.25, 0.3) is 0 Å². The smallest absolute Gasteiger partial charge is 0.170 e. The second-order valence-corrected chi connectivity index (χ2v) is 17.7. The van der Waals surface area contributed by atoms with E-state index in [1.54, 1.807) is 0 Å². The zero-order chi connectivity index (χ0) is 38.0. The molecular formula is C49H71N3S2. The largest absolute Gasteiger partial charge is 0.360 e. The molecule has 0 radical (unpaired) electrons. The van der Waals surface area contributed by atoms with Gasteiger partial charge in [-0.3, -0.25) is 0 Å². The van der Waals surface area contributed by atoms with E-state index in [9.17, 15) is 0 Å². The predicted molar refractivity (Wildman–Crippen MR) is 243 cm³/mol. The molecule has 0 bridgehead atoms. The van der Waals surface area contributed by atoms with E-state index in [2.05, 4.69) is 99.0 Å². The van der Waals surface area contributed by atoms with Gasteiger partial charge in [-0.1, -0.05) is 180 Å². The maximum Gasteiger partial charge on any atom is 0.170 e. The minimum Gasteiger partial charge on any atom is -0.360 e. The number of rotatable bonds is 26. The molecule has 1 atom stereocenters. The van der Waals surface area contributed by atoms with Crippen LogP contribution in [0, 0.1) is 0 Å². The van der Waals surface area contributed by atoms with E-state index in [0.717, 1.165) is 27.7 Å². The number of nitrogens with one attached hydrogen (secondary N) is 2. The number of thiocarbonyl (C=S) groups is 1. The Morgan fingerprint density at radius 3 is 1.81 bits per heavy atom. The summed E-state index contributed by atoms with van der Waals surface area (Å²) in [5, 5.41) is 9.20. The average Bonchev–Trinajstić information content (AvgIpc) is 3.74. The summed E-state index contributed by atoms with van der Waals surface area (Å²) in [4.78, 5) is 5.13. The molecule has 5 rings (SSSR count). The molecule has 294 valence electrons. The van der Waals surface area contributed by atoms with Crippen LogP contribution >= 0.6 is 23.6 Å². The predicted octanol–water partition coefficient (Wildman–Crippen LogP) is 15.9. The zero-order valence-electron chi connectivity index (χ0n) is 34.4. The van der Waals surface area contributed by atoms with Gasteiger partial charge in [0, 0.05) is 22.7 Å². The summed E-state index contributed by atoms with van der Waals surface area (Å²) in [6.45, 7) is 9.17. The number of nitrogens with zero attached hydrogens (tertiary/aromatic N) is 1. The lowest BCUT2D eigenvalue weighted by atomic mass is 9.70. The third-order valence-corrected chi connectivity index (χ3v) is 13.4. The minimum atomic E-state index is -0.0133. The first-order chi connectivity index (χ1) is 26.5. The lowest BCUT2D eigenvalue weighted by Gasteiger charge is -2.33. The van der Waals surface area contributed by atoms with Gasteiger partial charge in [0.15, 0.2) is 5.11 Å². The number of benzene rings is 3. The summed E-state index contributed by atoms with van der Waals surface area (Å²) in [7, 11) is 0. The highest BCUT2D eigenvalue weighted by molar-refractivity contribution is 7.80. The molecule has 0 spiro atoms. The quantitative estimate of drug-likeness (QED) is 0.0493. The maximum absolute atomic E-state index is 5.96. The highest BCUT2D eigenvalue weighted by Gasteiger charge is 2.42. The molecular weight excluding hydrogens is 695 g/mol. The van der Waals surface area contributed by atoms with Crippen LogP contribution in [-0.2, 0) is 5.41 Å². The van der Waals surface area contributed by atoms with Gasteiger partial charge in [0.1, 0.15) is 5.01 Å². The Morgan fingerprint density at radius 1 is 0.648 bits per heavy atom. The van der Waals surface area contributed by atoms with Crippen LogP contribution in [0.1, 0.15) is 187 Å². The first kappa shape index (κ1) is 42.4. The fourth-order valence-electron chi connectivity index (χ4n) is 8.86. The lowest BCUT2D eigenvalue weighted by Crippen LogP contribution is -2.37. The van der Waals surface area contributed by atoms with Gasteiger partial charge in [-0.25, -0.2) is 4.98 Å². The molecule has 1 unspecified atom stereocenters. The van der Waals surface area contributed by atoms with E-state index in [-0.39, 0.29) is 5.41 Å². The summed E-state index contributed by atoms with van der Waals surface area (Å²) in [5.41, 5.74) is 9.33. The topological polar surface area (TPSA) is 37.0 Å². The van der Waals surface area contributed by atoms with Crippen LogP contribution in [0.25, 0.3) is 31.9 Å². The third kappa shape index (κ3) is 11.6. The summed E-state index contributed by atoms with van der Waals surface area (Å²) < 4.78 is 1.26. The Balaban J connectivity index is 1.45. The van der Waals surface area contributed by atoms with Gasteiger partial charge >= 0.3 is 0 Å². The van der Waals surface area contributed by atoms with Crippen LogP contribution in [0.3, 0.4) is 0 Å². The summed E-state index contributed by atoms with van der Waals surface area (Å²) in [5.74, 6) is 0. The normalized spacial score (nSPS) is 13.6. The number of thiazole rings is 1. The second kappa shape index (κ2) is 22.7. The van der Waals surface area contributed by atoms with Gasteiger partial charge in [-0.2, -0.15) is 0 Å². The van der Waals surface area contributed by atoms with Crippen LogP contribution in [0.15, 0.2) is 60.7 Å². The van der Waals surface area contributed by atoms with Crippen molar-refractivity contribution < 1.29 is 0 Å². The fraction of sp³-hybridized carbons (Fsp3) is 0.592. The molecule has 1 aliphatic carbocycles. The first-order valence-corrected chi connectivity index (χ1v) is 23.5. The Morgan fingerprint density at radius 2 is 1.20 bits per heavy atom. The number of hydrogen-bond acceptors (Lipinski definition) is 3. The van der Waals surface area contributed by atoms with Gasteiger partial charge in [-0.05, 0) is 90.5 Å². The molecule has 5 heteroatoms. The highest BCUT2D eigenvalue weighted by atomic mass is 32.1. The average molecular weight is 766 g/mol. The molecule has 0 amide bonds. The summed E-state index contributed by atoms with van der Waals surface area (Å²) in [6.07, 6.45) is 30.0. The molecule has 3 nitrogen and oxygen atoms in total. The maximum atomic E-state index is 5.96. The van der Waals surface area contributed by atoms with Crippen molar-refractivity contribution >= 4 is 44.6 Å². The Labute approximate surface area is 338 Å². The van der Waals surface area contributed by atoms with E-state index < -0.39 is 0 Å². The van der Waals surface area contributed by atoms with E-state index in [1.165, 1.54) is 174 Å². The van der Waals surface area contributed by atoms with Crippen molar-refractivity contribution in [2.75, 3.05) is 5.32 Å². The number of hydrogen-bond donors (Lipinski definition) is 2.